The van der Waals surface area contributed by atoms with E-state index in [1.54, 1.807) is 19.2 Å². The van der Waals surface area contributed by atoms with E-state index in [0.29, 0.717) is 10.0 Å². The second-order valence-electron chi connectivity index (χ2n) is 4.65. The van der Waals surface area contributed by atoms with Crippen LogP contribution in [0.5, 0.6) is 0 Å². The fourth-order valence-corrected chi connectivity index (χ4v) is 2.42. The van der Waals surface area contributed by atoms with Crippen LogP contribution in [0.4, 0.5) is 11.4 Å². The molecule has 0 amide bonds. The molecular formula is C13H15BrN4O2. The fraction of sp³-hybridized carbons (Fsp3) is 0.308. The van der Waals surface area contributed by atoms with Gasteiger partial charge in [0.15, 0.2) is 0 Å². The van der Waals surface area contributed by atoms with Gasteiger partial charge in [0.2, 0.25) is 0 Å². The summed E-state index contributed by atoms with van der Waals surface area (Å²) >= 11 is 3.37. The van der Waals surface area contributed by atoms with Crippen molar-refractivity contribution >= 4 is 27.3 Å². The number of aryl methyl sites for hydroxylation is 1. The number of hydrogen-bond donors (Lipinski definition) is 1. The molecule has 0 fully saturated rings. The third-order valence-electron chi connectivity index (χ3n) is 2.90. The molecule has 1 aromatic carbocycles. The smallest absolute Gasteiger partial charge is 0.273 e. The van der Waals surface area contributed by atoms with Gasteiger partial charge in [-0.15, -0.1) is 0 Å². The monoisotopic (exact) mass is 338 g/mol. The number of nitro groups is 1. The summed E-state index contributed by atoms with van der Waals surface area (Å²) in [5.41, 5.74) is 1.59. The topological polar surface area (TPSA) is 73.0 Å². The predicted molar refractivity (Wildman–Crippen MR) is 80.8 cm³/mol. The van der Waals surface area contributed by atoms with Gasteiger partial charge in [-0.05, 0) is 41.9 Å². The van der Waals surface area contributed by atoms with Crippen molar-refractivity contribution in [2.24, 2.45) is 0 Å². The molecule has 1 heterocycles. The highest BCUT2D eigenvalue weighted by Gasteiger charge is 2.15. The molecule has 20 heavy (non-hydrogen) atoms. The highest BCUT2D eigenvalue weighted by Crippen LogP contribution is 2.31. The predicted octanol–water partition coefficient (Wildman–Crippen LogP) is 3.36. The molecule has 1 unspecified atom stereocenters. The molecule has 0 aliphatic heterocycles. The van der Waals surface area contributed by atoms with Crippen molar-refractivity contribution in [3.8, 4) is 0 Å². The van der Waals surface area contributed by atoms with Gasteiger partial charge in [-0.25, -0.2) is 0 Å². The molecule has 0 radical (unpaired) electrons. The van der Waals surface area contributed by atoms with E-state index in [0.717, 1.165) is 12.2 Å². The summed E-state index contributed by atoms with van der Waals surface area (Å²) < 4.78 is 2.52. The maximum absolute atomic E-state index is 10.9. The lowest BCUT2D eigenvalue weighted by molar-refractivity contribution is -0.385. The summed E-state index contributed by atoms with van der Waals surface area (Å²) in [6.45, 7) is 4.48. The molecule has 1 aromatic heterocycles. The SMILES string of the molecule is Cc1cc(NC(C)Cn2cccn2)c(Br)cc1[N+](=O)[O-]. The van der Waals surface area contributed by atoms with Crippen LogP contribution in [-0.4, -0.2) is 20.7 Å². The number of hydrogen-bond acceptors (Lipinski definition) is 4. The first-order chi connectivity index (χ1) is 9.47. The zero-order valence-electron chi connectivity index (χ0n) is 11.2. The summed E-state index contributed by atoms with van der Waals surface area (Å²) in [4.78, 5) is 10.5. The summed E-state index contributed by atoms with van der Waals surface area (Å²) in [5.74, 6) is 0. The van der Waals surface area contributed by atoms with E-state index in [-0.39, 0.29) is 16.7 Å². The minimum Gasteiger partial charge on any atom is -0.380 e. The van der Waals surface area contributed by atoms with E-state index in [4.69, 9.17) is 0 Å². The van der Waals surface area contributed by atoms with Crippen LogP contribution < -0.4 is 5.32 Å². The Bertz CT molecular complexity index is 613. The van der Waals surface area contributed by atoms with Crippen molar-refractivity contribution < 1.29 is 4.92 Å². The maximum Gasteiger partial charge on any atom is 0.273 e. The third-order valence-corrected chi connectivity index (χ3v) is 3.56. The average molecular weight is 339 g/mol. The number of nitro benzene ring substituents is 1. The Morgan fingerprint density at radius 3 is 2.90 bits per heavy atom. The molecule has 2 aromatic rings. The molecule has 0 aliphatic carbocycles. The number of nitrogens with one attached hydrogen (secondary N) is 1. The standard InChI is InChI=1S/C13H15BrN4O2/c1-9-6-12(11(14)7-13(9)18(19)20)16-10(2)8-17-5-3-4-15-17/h3-7,10,16H,8H2,1-2H3. The zero-order chi connectivity index (χ0) is 14.7. The Morgan fingerprint density at radius 2 is 2.30 bits per heavy atom. The van der Waals surface area contributed by atoms with Crippen LogP contribution in [0, 0.1) is 17.0 Å². The highest BCUT2D eigenvalue weighted by atomic mass is 79.9. The number of benzene rings is 1. The maximum atomic E-state index is 10.9. The van der Waals surface area contributed by atoms with Crippen molar-refractivity contribution in [3.63, 3.8) is 0 Å². The number of rotatable bonds is 5. The lowest BCUT2D eigenvalue weighted by Crippen LogP contribution is -2.22. The molecule has 7 heteroatoms. The van der Waals surface area contributed by atoms with Gasteiger partial charge in [0.05, 0.1) is 11.5 Å². The van der Waals surface area contributed by atoms with E-state index >= 15 is 0 Å². The summed E-state index contributed by atoms with van der Waals surface area (Å²) in [6, 6.07) is 5.32. The second kappa shape index (κ2) is 6.04. The number of anilines is 1. The van der Waals surface area contributed by atoms with E-state index in [1.807, 2.05) is 23.9 Å². The molecule has 0 spiro atoms. The van der Waals surface area contributed by atoms with Crippen molar-refractivity contribution in [2.75, 3.05) is 5.32 Å². The third kappa shape index (κ3) is 3.36. The van der Waals surface area contributed by atoms with E-state index in [9.17, 15) is 10.1 Å². The molecule has 2 rings (SSSR count). The molecule has 0 bridgehead atoms. The molecule has 0 saturated carbocycles. The van der Waals surface area contributed by atoms with Crippen LogP contribution in [0.3, 0.4) is 0 Å². The number of nitrogens with zero attached hydrogens (tertiary/aromatic N) is 3. The minimum atomic E-state index is -0.378. The quantitative estimate of drug-likeness (QED) is 0.670. The van der Waals surface area contributed by atoms with Gasteiger partial charge in [0.25, 0.3) is 5.69 Å². The molecule has 1 atom stereocenters. The lowest BCUT2D eigenvalue weighted by atomic mass is 10.1. The van der Waals surface area contributed by atoms with Crippen molar-refractivity contribution in [3.05, 3.63) is 50.7 Å². The van der Waals surface area contributed by atoms with Crippen LogP contribution in [0.25, 0.3) is 0 Å². The molecular weight excluding hydrogens is 324 g/mol. The van der Waals surface area contributed by atoms with Crippen LogP contribution >= 0.6 is 15.9 Å². The molecule has 1 N–H and O–H groups in total. The highest BCUT2D eigenvalue weighted by molar-refractivity contribution is 9.10. The Morgan fingerprint density at radius 1 is 1.55 bits per heavy atom. The normalized spacial score (nSPS) is 12.2. The second-order valence-corrected chi connectivity index (χ2v) is 5.50. The molecule has 106 valence electrons. The summed E-state index contributed by atoms with van der Waals surface area (Å²) in [7, 11) is 0. The first-order valence-corrected chi connectivity index (χ1v) is 6.95. The van der Waals surface area contributed by atoms with E-state index < -0.39 is 0 Å². The lowest BCUT2D eigenvalue weighted by Gasteiger charge is -2.17. The first kappa shape index (κ1) is 14.5. The first-order valence-electron chi connectivity index (χ1n) is 6.16. The zero-order valence-corrected chi connectivity index (χ0v) is 12.8. The van der Waals surface area contributed by atoms with Crippen molar-refractivity contribution in [1.29, 1.82) is 0 Å². The van der Waals surface area contributed by atoms with Gasteiger partial charge in [0, 0.05) is 40.2 Å². The minimum absolute atomic E-state index is 0.113. The molecule has 0 aliphatic rings. The van der Waals surface area contributed by atoms with Crippen LogP contribution in [0.2, 0.25) is 0 Å². The van der Waals surface area contributed by atoms with Gasteiger partial charge >= 0.3 is 0 Å². The Kier molecular flexibility index (Phi) is 4.39. The average Bonchev–Trinajstić information content (AvgIpc) is 2.85. The van der Waals surface area contributed by atoms with Crippen LogP contribution in [-0.2, 0) is 6.54 Å². The molecule has 6 nitrogen and oxygen atoms in total. The van der Waals surface area contributed by atoms with Gasteiger partial charge in [0.1, 0.15) is 0 Å². The van der Waals surface area contributed by atoms with Crippen LogP contribution in [0.15, 0.2) is 35.1 Å². The van der Waals surface area contributed by atoms with E-state index in [2.05, 4.69) is 26.3 Å². The molecule has 0 saturated heterocycles. The fourth-order valence-electron chi connectivity index (χ4n) is 1.98. The van der Waals surface area contributed by atoms with E-state index in [1.165, 1.54) is 6.07 Å². The summed E-state index contributed by atoms with van der Waals surface area (Å²) in [5, 5.41) is 18.3. The largest absolute Gasteiger partial charge is 0.380 e. The number of halogens is 1. The Hall–Kier alpha value is -1.89. The van der Waals surface area contributed by atoms with Gasteiger partial charge < -0.3 is 5.32 Å². The Labute approximate surface area is 125 Å². The summed E-state index contributed by atoms with van der Waals surface area (Å²) in [6.07, 6.45) is 3.63. The van der Waals surface area contributed by atoms with Crippen molar-refractivity contribution in [2.45, 2.75) is 26.4 Å². The number of aromatic nitrogens is 2. The van der Waals surface area contributed by atoms with Gasteiger partial charge in [-0.2, -0.15) is 5.10 Å². The van der Waals surface area contributed by atoms with Gasteiger partial charge in [-0.1, -0.05) is 0 Å². The van der Waals surface area contributed by atoms with Crippen molar-refractivity contribution in [1.82, 2.24) is 9.78 Å². The van der Waals surface area contributed by atoms with Gasteiger partial charge in [-0.3, -0.25) is 14.8 Å². The van der Waals surface area contributed by atoms with Crippen LogP contribution in [0.1, 0.15) is 12.5 Å². The Balaban J connectivity index is 2.13.